The number of rotatable bonds is 15. The first-order valence-corrected chi connectivity index (χ1v) is 9.13. The second-order valence-corrected chi connectivity index (χ2v) is 6.32. The van der Waals surface area contributed by atoms with Crippen molar-refractivity contribution in [3.05, 3.63) is 11.1 Å². The number of carbonyl (C=O) groups excluding carboxylic acids is 2. The van der Waals surface area contributed by atoms with E-state index >= 15 is 0 Å². The van der Waals surface area contributed by atoms with E-state index in [1.54, 1.807) is 0 Å². The van der Waals surface area contributed by atoms with E-state index in [-0.39, 0.29) is 76.7 Å². The van der Waals surface area contributed by atoms with Crippen LogP contribution in [0.15, 0.2) is 11.1 Å². The molecule has 25 heavy (non-hydrogen) atoms. The SMILES string of the molecule is CCCCCCCCCCCCCCC(C(=O)[O-])=C(C)C(=O)[O-].[Na+].[Na+]. The molecule has 0 aliphatic rings. The van der Waals surface area contributed by atoms with Crippen molar-refractivity contribution < 1.29 is 78.9 Å². The zero-order valence-corrected chi connectivity index (χ0v) is 20.8. The molecule has 0 aliphatic carbocycles. The molecule has 0 atom stereocenters. The number of carbonyl (C=O) groups is 2. The van der Waals surface area contributed by atoms with Crippen LogP contribution in [-0.4, -0.2) is 11.9 Å². The van der Waals surface area contributed by atoms with Gasteiger partial charge in [0.05, 0.1) is 11.9 Å². The maximum Gasteiger partial charge on any atom is 1.00 e. The molecule has 0 saturated heterocycles. The Morgan fingerprint density at radius 1 is 0.640 bits per heavy atom. The van der Waals surface area contributed by atoms with Crippen LogP contribution in [0.1, 0.15) is 97.3 Å². The summed E-state index contributed by atoms with van der Waals surface area (Å²) in [7, 11) is 0. The van der Waals surface area contributed by atoms with Gasteiger partial charge in [-0.2, -0.15) is 0 Å². The van der Waals surface area contributed by atoms with Crippen LogP contribution in [0, 0.1) is 0 Å². The molecule has 0 rings (SSSR count). The summed E-state index contributed by atoms with van der Waals surface area (Å²) in [5.74, 6) is -2.82. The maximum atomic E-state index is 10.9. The molecule has 0 bridgehead atoms. The van der Waals surface area contributed by atoms with Crippen molar-refractivity contribution in [1.29, 1.82) is 0 Å². The number of hydrogen-bond donors (Lipinski definition) is 0. The average molecular weight is 370 g/mol. The Morgan fingerprint density at radius 2 is 1.00 bits per heavy atom. The molecule has 0 aromatic rings. The number of aliphatic carboxylic acids is 2. The van der Waals surface area contributed by atoms with Crippen LogP contribution in [0.2, 0.25) is 0 Å². The van der Waals surface area contributed by atoms with Crippen LogP contribution in [-0.2, 0) is 9.59 Å². The molecule has 6 heteroatoms. The summed E-state index contributed by atoms with van der Waals surface area (Å²) in [5.41, 5.74) is -0.342. The minimum atomic E-state index is -1.43. The van der Waals surface area contributed by atoms with Gasteiger partial charge in [-0.1, -0.05) is 77.6 Å². The third-order valence-electron chi connectivity index (χ3n) is 4.29. The molecule has 0 radical (unpaired) electrons. The molecule has 0 N–H and O–H groups in total. The van der Waals surface area contributed by atoms with Gasteiger partial charge in [-0.25, -0.2) is 0 Å². The number of carboxylic acid groups (broad SMARTS) is 2. The topological polar surface area (TPSA) is 80.3 Å². The van der Waals surface area contributed by atoms with Gasteiger partial charge in [0.25, 0.3) is 0 Å². The normalized spacial score (nSPS) is 11.1. The summed E-state index contributed by atoms with van der Waals surface area (Å²) in [6.45, 7) is 3.49. The zero-order valence-electron chi connectivity index (χ0n) is 16.8. The predicted octanol–water partition coefficient (Wildman–Crippen LogP) is -3.10. The zero-order chi connectivity index (χ0) is 17.5. The number of carboxylic acids is 2. The first kappa shape index (κ1) is 30.4. The summed E-state index contributed by atoms with van der Waals surface area (Å²) >= 11 is 0. The summed E-state index contributed by atoms with van der Waals surface area (Å²) in [5, 5.41) is 21.6. The summed E-state index contributed by atoms with van der Waals surface area (Å²) in [6, 6.07) is 0. The third-order valence-corrected chi connectivity index (χ3v) is 4.29. The van der Waals surface area contributed by atoms with E-state index in [1.165, 1.54) is 64.7 Å². The molecular weight excluding hydrogens is 338 g/mol. The molecule has 0 unspecified atom stereocenters. The van der Waals surface area contributed by atoms with E-state index in [9.17, 15) is 19.8 Å². The van der Waals surface area contributed by atoms with E-state index in [0.29, 0.717) is 6.42 Å². The molecule has 134 valence electrons. The Balaban J connectivity index is -0.00000242. The molecule has 0 aromatic carbocycles. The molecule has 4 nitrogen and oxygen atoms in total. The van der Waals surface area contributed by atoms with Crippen molar-refractivity contribution in [2.45, 2.75) is 97.3 Å². The van der Waals surface area contributed by atoms with Gasteiger partial charge < -0.3 is 19.8 Å². The van der Waals surface area contributed by atoms with Crippen molar-refractivity contribution in [2.75, 3.05) is 0 Å². The third kappa shape index (κ3) is 17.8. The van der Waals surface area contributed by atoms with E-state index in [0.717, 1.165) is 12.8 Å². The predicted molar refractivity (Wildman–Crippen MR) is 88.4 cm³/mol. The van der Waals surface area contributed by atoms with Crippen LogP contribution >= 0.6 is 0 Å². The van der Waals surface area contributed by atoms with Gasteiger partial charge in [-0.15, -0.1) is 0 Å². The quantitative estimate of drug-likeness (QED) is 0.174. The fourth-order valence-corrected chi connectivity index (χ4v) is 2.71. The fraction of sp³-hybridized carbons (Fsp3) is 0.789. The van der Waals surface area contributed by atoms with Gasteiger partial charge in [-0.3, -0.25) is 0 Å². The van der Waals surface area contributed by atoms with Gasteiger partial charge in [0.1, 0.15) is 0 Å². The second kappa shape index (κ2) is 21.0. The van der Waals surface area contributed by atoms with Crippen LogP contribution in [0.25, 0.3) is 0 Å². The van der Waals surface area contributed by atoms with Crippen molar-refractivity contribution in [1.82, 2.24) is 0 Å². The molecule has 0 spiro atoms. The minimum absolute atomic E-state index is 0. The van der Waals surface area contributed by atoms with Gasteiger partial charge in [0.2, 0.25) is 0 Å². The maximum absolute atomic E-state index is 10.9. The van der Waals surface area contributed by atoms with Crippen molar-refractivity contribution in [3.8, 4) is 0 Å². The summed E-state index contributed by atoms with van der Waals surface area (Å²) < 4.78 is 0. The molecule has 0 amide bonds. The molecule has 0 heterocycles. The summed E-state index contributed by atoms with van der Waals surface area (Å²) in [6.07, 6.45) is 14.6. The van der Waals surface area contributed by atoms with E-state index < -0.39 is 11.9 Å². The van der Waals surface area contributed by atoms with Gasteiger partial charge in [0.15, 0.2) is 0 Å². The van der Waals surface area contributed by atoms with Gasteiger partial charge in [0, 0.05) is 0 Å². The van der Waals surface area contributed by atoms with Crippen molar-refractivity contribution >= 4 is 11.9 Å². The molecule has 0 fully saturated rings. The monoisotopic (exact) mass is 370 g/mol. The number of unbranched alkanes of at least 4 members (excludes halogenated alkanes) is 11. The Hall–Kier alpha value is 0.680. The molecule has 0 aliphatic heterocycles. The van der Waals surface area contributed by atoms with E-state index in [1.807, 2.05) is 0 Å². The molecule has 0 aromatic heterocycles. The Morgan fingerprint density at radius 3 is 1.32 bits per heavy atom. The van der Waals surface area contributed by atoms with Crippen LogP contribution in [0.4, 0.5) is 0 Å². The van der Waals surface area contributed by atoms with E-state index in [4.69, 9.17) is 0 Å². The second-order valence-electron chi connectivity index (χ2n) is 6.32. The summed E-state index contributed by atoms with van der Waals surface area (Å²) in [4.78, 5) is 21.6. The van der Waals surface area contributed by atoms with Crippen LogP contribution in [0.3, 0.4) is 0 Å². The molecular formula is C19H32Na2O4. The van der Waals surface area contributed by atoms with Gasteiger partial charge in [-0.05, 0) is 30.9 Å². The Labute approximate surface area is 197 Å². The van der Waals surface area contributed by atoms with E-state index in [2.05, 4.69) is 6.92 Å². The first-order valence-electron chi connectivity index (χ1n) is 9.13. The Bertz CT molecular complexity index is 382. The fourth-order valence-electron chi connectivity index (χ4n) is 2.71. The molecule has 0 saturated carbocycles. The smallest absolute Gasteiger partial charge is 0.545 e. The first-order chi connectivity index (χ1) is 11.0. The van der Waals surface area contributed by atoms with Crippen molar-refractivity contribution in [3.63, 3.8) is 0 Å². The van der Waals surface area contributed by atoms with Crippen LogP contribution in [0.5, 0.6) is 0 Å². The minimum Gasteiger partial charge on any atom is -0.545 e. The average Bonchev–Trinajstić information content (AvgIpc) is 2.51. The Kier molecular flexibility index (Phi) is 25.5. The largest absolute Gasteiger partial charge is 1.00 e. The van der Waals surface area contributed by atoms with Crippen LogP contribution < -0.4 is 69.3 Å². The standard InChI is InChI=1S/C19H34O4.2Na/c1-3-4-5-6-7-8-9-10-11-12-13-14-15-17(19(22)23)16(2)18(20)21;;/h3-15H2,1-2H3,(H,20,21)(H,22,23);;/q;2*+1/p-2. The van der Waals surface area contributed by atoms with Crippen molar-refractivity contribution in [2.24, 2.45) is 0 Å². The van der Waals surface area contributed by atoms with Gasteiger partial charge >= 0.3 is 59.1 Å². The number of hydrogen-bond acceptors (Lipinski definition) is 4.